The molecule has 0 aliphatic heterocycles. The van der Waals surface area contributed by atoms with E-state index < -0.39 is 10.0 Å². The topological polar surface area (TPSA) is 89.2 Å². The normalized spacial score (nSPS) is 15.5. The number of aliphatic hydroxyl groups is 1. The SMILES string of the molecule is Cn1ccnc1CNS(=O)(=O)c1cc(CO)n(C2CC2)c1. The van der Waals surface area contributed by atoms with Gasteiger partial charge < -0.3 is 14.2 Å². The van der Waals surface area contributed by atoms with Gasteiger partial charge in [-0.25, -0.2) is 18.1 Å². The third-order valence-electron chi connectivity index (χ3n) is 3.66. The molecule has 114 valence electrons. The van der Waals surface area contributed by atoms with Gasteiger partial charge in [-0.1, -0.05) is 0 Å². The van der Waals surface area contributed by atoms with Crippen LogP contribution in [0.15, 0.2) is 29.6 Å². The fourth-order valence-corrected chi connectivity index (χ4v) is 3.30. The fourth-order valence-electron chi connectivity index (χ4n) is 2.27. The summed E-state index contributed by atoms with van der Waals surface area (Å²) in [4.78, 5) is 4.27. The molecular formula is C13H18N4O3S. The number of rotatable bonds is 6. The average Bonchev–Trinajstić information content (AvgIpc) is 3.06. The first-order valence-corrected chi connectivity index (χ1v) is 8.27. The van der Waals surface area contributed by atoms with Crippen molar-refractivity contribution < 1.29 is 13.5 Å². The lowest BCUT2D eigenvalue weighted by Gasteiger charge is -2.05. The van der Waals surface area contributed by atoms with Crippen LogP contribution in [0.5, 0.6) is 0 Å². The molecule has 0 amide bonds. The Hall–Kier alpha value is -1.64. The van der Waals surface area contributed by atoms with Gasteiger partial charge in [-0.2, -0.15) is 0 Å². The molecule has 2 aromatic rings. The predicted octanol–water partition coefficient (Wildman–Crippen LogP) is 0.527. The van der Waals surface area contributed by atoms with Crippen LogP contribution in [0.3, 0.4) is 0 Å². The quantitative estimate of drug-likeness (QED) is 0.814. The first-order valence-electron chi connectivity index (χ1n) is 6.79. The van der Waals surface area contributed by atoms with E-state index in [-0.39, 0.29) is 18.0 Å². The Balaban J connectivity index is 1.79. The summed E-state index contributed by atoms with van der Waals surface area (Å²) in [6.07, 6.45) is 7.04. The molecule has 0 spiro atoms. The van der Waals surface area contributed by atoms with Crippen molar-refractivity contribution in [3.8, 4) is 0 Å². The lowest BCUT2D eigenvalue weighted by molar-refractivity contribution is 0.270. The van der Waals surface area contributed by atoms with E-state index in [0.717, 1.165) is 12.8 Å². The number of aryl methyl sites for hydroxylation is 1. The van der Waals surface area contributed by atoms with Crippen LogP contribution in [-0.4, -0.2) is 27.6 Å². The molecule has 7 nitrogen and oxygen atoms in total. The van der Waals surface area contributed by atoms with Crippen molar-refractivity contribution >= 4 is 10.0 Å². The molecule has 0 bridgehead atoms. The van der Waals surface area contributed by atoms with Crippen LogP contribution in [0.25, 0.3) is 0 Å². The smallest absolute Gasteiger partial charge is 0.242 e. The summed E-state index contributed by atoms with van der Waals surface area (Å²) in [6.45, 7) is -0.0275. The lowest BCUT2D eigenvalue weighted by Crippen LogP contribution is -2.24. The van der Waals surface area contributed by atoms with Gasteiger partial charge in [0.05, 0.1) is 18.0 Å². The molecule has 2 heterocycles. The molecule has 0 radical (unpaired) electrons. The van der Waals surface area contributed by atoms with Gasteiger partial charge >= 0.3 is 0 Å². The number of hydrogen-bond donors (Lipinski definition) is 2. The van der Waals surface area contributed by atoms with Crippen LogP contribution in [0, 0.1) is 0 Å². The summed E-state index contributed by atoms with van der Waals surface area (Å²) >= 11 is 0. The van der Waals surface area contributed by atoms with Crippen LogP contribution >= 0.6 is 0 Å². The van der Waals surface area contributed by atoms with Gasteiger partial charge in [-0.3, -0.25) is 0 Å². The molecule has 21 heavy (non-hydrogen) atoms. The molecule has 2 N–H and O–H groups in total. The highest BCUT2D eigenvalue weighted by molar-refractivity contribution is 7.89. The van der Waals surface area contributed by atoms with Crippen LogP contribution in [0.4, 0.5) is 0 Å². The standard InChI is InChI=1S/C13H18N4O3S/c1-16-5-4-14-13(16)7-15-21(19,20)12-6-11(9-18)17(8-12)10-2-3-10/h4-6,8,10,15,18H,2-3,7,9H2,1H3. The van der Waals surface area contributed by atoms with Gasteiger partial charge in [-0.05, 0) is 18.9 Å². The van der Waals surface area contributed by atoms with Crippen molar-refractivity contribution in [1.29, 1.82) is 0 Å². The zero-order valence-electron chi connectivity index (χ0n) is 11.7. The maximum atomic E-state index is 12.3. The zero-order chi connectivity index (χ0) is 15.0. The van der Waals surface area contributed by atoms with Crippen LogP contribution in [-0.2, 0) is 30.2 Å². The van der Waals surface area contributed by atoms with Crippen molar-refractivity contribution in [2.45, 2.75) is 36.9 Å². The third-order valence-corrected chi connectivity index (χ3v) is 5.03. The van der Waals surface area contributed by atoms with E-state index in [2.05, 4.69) is 9.71 Å². The molecule has 0 atom stereocenters. The minimum atomic E-state index is -3.61. The summed E-state index contributed by atoms with van der Waals surface area (Å²) in [6, 6.07) is 1.85. The molecule has 2 aromatic heterocycles. The number of aromatic nitrogens is 3. The lowest BCUT2D eigenvalue weighted by atomic mass is 10.4. The summed E-state index contributed by atoms with van der Waals surface area (Å²) in [7, 11) is -1.80. The summed E-state index contributed by atoms with van der Waals surface area (Å²) in [5.41, 5.74) is 0.634. The van der Waals surface area contributed by atoms with Crippen molar-refractivity contribution in [1.82, 2.24) is 18.8 Å². The number of nitrogens with one attached hydrogen (secondary N) is 1. The summed E-state index contributed by atoms with van der Waals surface area (Å²) < 4.78 is 30.8. The van der Waals surface area contributed by atoms with Gasteiger partial charge in [0.15, 0.2) is 0 Å². The molecule has 3 rings (SSSR count). The van der Waals surface area contributed by atoms with E-state index >= 15 is 0 Å². The Labute approximate surface area is 123 Å². The molecular weight excluding hydrogens is 292 g/mol. The summed E-state index contributed by atoms with van der Waals surface area (Å²) in [5.74, 6) is 0.641. The van der Waals surface area contributed by atoms with E-state index in [1.165, 1.54) is 6.07 Å². The number of hydrogen-bond acceptors (Lipinski definition) is 4. The first-order chi connectivity index (χ1) is 10.0. The molecule has 0 unspecified atom stereocenters. The zero-order valence-corrected chi connectivity index (χ0v) is 12.5. The maximum absolute atomic E-state index is 12.3. The third kappa shape index (κ3) is 2.87. The van der Waals surface area contributed by atoms with Crippen molar-refractivity contribution in [3.63, 3.8) is 0 Å². The van der Waals surface area contributed by atoms with Crippen molar-refractivity contribution in [3.05, 3.63) is 36.2 Å². The second-order valence-electron chi connectivity index (χ2n) is 5.24. The van der Waals surface area contributed by atoms with E-state index in [1.54, 1.807) is 23.2 Å². The van der Waals surface area contributed by atoms with Gasteiger partial charge in [0.2, 0.25) is 10.0 Å². The van der Waals surface area contributed by atoms with E-state index in [1.807, 2.05) is 11.6 Å². The molecule has 0 saturated heterocycles. The molecule has 8 heteroatoms. The number of imidazole rings is 1. The molecule has 1 saturated carbocycles. The second kappa shape index (κ2) is 5.28. The van der Waals surface area contributed by atoms with E-state index in [0.29, 0.717) is 17.6 Å². The van der Waals surface area contributed by atoms with E-state index in [4.69, 9.17) is 0 Å². The molecule has 1 aliphatic carbocycles. The van der Waals surface area contributed by atoms with Crippen LogP contribution in [0.2, 0.25) is 0 Å². The Morgan fingerprint density at radius 3 is 2.81 bits per heavy atom. The minimum Gasteiger partial charge on any atom is -0.390 e. The highest BCUT2D eigenvalue weighted by atomic mass is 32.2. The number of nitrogens with zero attached hydrogens (tertiary/aromatic N) is 3. The highest BCUT2D eigenvalue weighted by Crippen LogP contribution is 2.37. The maximum Gasteiger partial charge on any atom is 0.242 e. The number of aliphatic hydroxyl groups excluding tert-OH is 1. The Kier molecular flexibility index (Phi) is 3.60. The molecule has 0 aromatic carbocycles. The van der Waals surface area contributed by atoms with Crippen molar-refractivity contribution in [2.24, 2.45) is 7.05 Å². The predicted molar refractivity (Wildman–Crippen MR) is 75.9 cm³/mol. The molecule has 1 aliphatic rings. The van der Waals surface area contributed by atoms with Gasteiger partial charge in [0.25, 0.3) is 0 Å². The highest BCUT2D eigenvalue weighted by Gasteiger charge is 2.28. The summed E-state index contributed by atoms with van der Waals surface area (Å²) in [5, 5.41) is 9.34. The number of sulfonamides is 1. The van der Waals surface area contributed by atoms with Gasteiger partial charge in [0, 0.05) is 37.4 Å². The van der Waals surface area contributed by atoms with Crippen LogP contribution < -0.4 is 4.72 Å². The van der Waals surface area contributed by atoms with Gasteiger partial charge in [-0.15, -0.1) is 0 Å². The Bertz CT molecular complexity index is 743. The second-order valence-corrected chi connectivity index (χ2v) is 7.01. The fraction of sp³-hybridized carbons (Fsp3) is 0.462. The molecule has 1 fully saturated rings. The average molecular weight is 310 g/mol. The van der Waals surface area contributed by atoms with E-state index in [9.17, 15) is 13.5 Å². The first kappa shape index (κ1) is 14.3. The monoisotopic (exact) mass is 310 g/mol. The van der Waals surface area contributed by atoms with Crippen molar-refractivity contribution in [2.75, 3.05) is 0 Å². The Morgan fingerprint density at radius 1 is 1.48 bits per heavy atom. The van der Waals surface area contributed by atoms with Crippen LogP contribution in [0.1, 0.15) is 30.4 Å². The minimum absolute atomic E-state index is 0.134. The Morgan fingerprint density at radius 2 is 2.24 bits per heavy atom. The van der Waals surface area contributed by atoms with Gasteiger partial charge in [0.1, 0.15) is 5.82 Å². The largest absolute Gasteiger partial charge is 0.390 e.